The number of hydrogen-bond donors (Lipinski definition) is 1. The van der Waals surface area contributed by atoms with Crippen molar-refractivity contribution in [2.75, 3.05) is 13.7 Å². The van der Waals surface area contributed by atoms with E-state index in [0.717, 1.165) is 24.8 Å². The van der Waals surface area contributed by atoms with Gasteiger partial charge in [-0.1, -0.05) is 24.3 Å². The van der Waals surface area contributed by atoms with Crippen LogP contribution in [0.4, 0.5) is 0 Å². The van der Waals surface area contributed by atoms with Crippen molar-refractivity contribution in [1.29, 1.82) is 0 Å². The topological polar surface area (TPSA) is 55.4 Å². The number of fused-ring (bicyclic) bond motifs is 1. The molecule has 2 rings (SSSR count). The number of amides is 1. The summed E-state index contributed by atoms with van der Waals surface area (Å²) in [5.74, 6) is -0.760. The number of methoxy groups -OCH3 is 1. The average molecular weight is 296 g/mol. The first-order valence-corrected chi connectivity index (χ1v) is 7.14. The van der Waals surface area contributed by atoms with E-state index in [1.165, 1.54) is 12.7 Å². The zero-order valence-electron chi connectivity index (χ0n) is 11.4. The largest absolute Gasteiger partial charge is 0.468 e. The van der Waals surface area contributed by atoms with Crippen LogP contribution >= 0.6 is 11.6 Å². The van der Waals surface area contributed by atoms with Crippen LogP contribution in [0.25, 0.3) is 0 Å². The average Bonchev–Trinajstić information content (AvgIpc) is 2.50. The Bertz CT molecular complexity index is 504. The minimum absolute atomic E-state index is 0.0771. The lowest BCUT2D eigenvalue weighted by Crippen LogP contribution is -2.37. The Morgan fingerprint density at radius 2 is 2.20 bits per heavy atom. The molecule has 0 bridgehead atoms. The van der Waals surface area contributed by atoms with Crippen molar-refractivity contribution in [3.05, 3.63) is 35.4 Å². The van der Waals surface area contributed by atoms with Gasteiger partial charge in [-0.25, -0.2) is 0 Å². The summed E-state index contributed by atoms with van der Waals surface area (Å²) >= 11 is 5.83. The predicted octanol–water partition coefficient (Wildman–Crippen LogP) is 2.00. The zero-order valence-corrected chi connectivity index (χ0v) is 12.2. The van der Waals surface area contributed by atoms with E-state index in [4.69, 9.17) is 11.6 Å². The lowest BCUT2D eigenvalue weighted by molar-refractivity contribution is -0.140. The fourth-order valence-corrected chi connectivity index (χ4v) is 2.72. The Morgan fingerprint density at radius 3 is 2.95 bits per heavy atom. The molecule has 0 heterocycles. The number of alkyl halides is 1. The summed E-state index contributed by atoms with van der Waals surface area (Å²) in [5, 5.41) is 1.89. The number of carbonyl (C=O) groups is 2. The molecule has 0 spiro atoms. The Kier molecular flexibility index (Phi) is 5.01. The highest BCUT2D eigenvalue weighted by Gasteiger charge is 2.27. The fraction of sp³-hybridized carbons (Fsp3) is 0.467. The van der Waals surface area contributed by atoms with E-state index in [-0.39, 0.29) is 18.4 Å². The lowest BCUT2D eigenvalue weighted by atomic mass is 9.82. The first-order valence-electron chi connectivity index (χ1n) is 6.71. The molecule has 2 unspecified atom stereocenters. The Hall–Kier alpha value is -1.55. The SMILES string of the molecule is COC(=O)C(Cl)CNC(=O)C1CCCc2ccccc21. The van der Waals surface area contributed by atoms with E-state index in [0.29, 0.717) is 0 Å². The molecule has 5 heteroatoms. The summed E-state index contributed by atoms with van der Waals surface area (Å²) in [5.41, 5.74) is 2.31. The quantitative estimate of drug-likeness (QED) is 0.683. The molecule has 4 nitrogen and oxygen atoms in total. The van der Waals surface area contributed by atoms with E-state index >= 15 is 0 Å². The van der Waals surface area contributed by atoms with E-state index in [1.54, 1.807) is 0 Å². The number of esters is 1. The van der Waals surface area contributed by atoms with E-state index < -0.39 is 11.3 Å². The second-order valence-electron chi connectivity index (χ2n) is 4.88. The third-order valence-corrected chi connectivity index (χ3v) is 3.93. The van der Waals surface area contributed by atoms with Crippen LogP contribution in [-0.4, -0.2) is 30.9 Å². The number of ether oxygens (including phenoxy) is 1. The summed E-state index contributed by atoms with van der Waals surface area (Å²) in [6.07, 6.45) is 2.84. The van der Waals surface area contributed by atoms with Gasteiger partial charge in [0, 0.05) is 6.54 Å². The van der Waals surface area contributed by atoms with Crippen molar-refractivity contribution in [1.82, 2.24) is 5.32 Å². The van der Waals surface area contributed by atoms with Crippen molar-refractivity contribution in [3.8, 4) is 0 Å². The molecule has 1 aromatic carbocycles. The monoisotopic (exact) mass is 295 g/mol. The Labute approximate surface area is 123 Å². The Balaban J connectivity index is 1.99. The van der Waals surface area contributed by atoms with Gasteiger partial charge in [0.15, 0.2) is 0 Å². The van der Waals surface area contributed by atoms with Gasteiger partial charge in [0.2, 0.25) is 5.91 Å². The number of rotatable bonds is 4. The Morgan fingerprint density at radius 1 is 1.45 bits per heavy atom. The van der Waals surface area contributed by atoms with Crippen LogP contribution in [0.5, 0.6) is 0 Å². The third kappa shape index (κ3) is 3.31. The summed E-state index contributed by atoms with van der Waals surface area (Å²) in [6.45, 7) is 0.0890. The minimum Gasteiger partial charge on any atom is -0.468 e. The molecule has 0 saturated carbocycles. The smallest absolute Gasteiger partial charge is 0.325 e. The van der Waals surface area contributed by atoms with Crippen LogP contribution in [0.15, 0.2) is 24.3 Å². The van der Waals surface area contributed by atoms with Gasteiger partial charge in [-0.15, -0.1) is 11.6 Å². The van der Waals surface area contributed by atoms with Gasteiger partial charge in [0.05, 0.1) is 13.0 Å². The van der Waals surface area contributed by atoms with Crippen molar-refractivity contribution in [3.63, 3.8) is 0 Å². The number of carbonyl (C=O) groups excluding carboxylic acids is 2. The first kappa shape index (κ1) is 14.9. The predicted molar refractivity (Wildman–Crippen MR) is 76.8 cm³/mol. The van der Waals surface area contributed by atoms with Crippen LogP contribution in [0.3, 0.4) is 0 Å². The normalized spacial score (nSPS) is 18.8. The second-order valence-corrected chi connectivity index (χ2v) is 5.41. The van der Waals surface area contributed by atoms with Crippen LogP contribution in [-0.2, 0) is 20.7 Å². The number of aryl methyl sites for hydroxylation is 1. The third-order valence-electron chi connectivity index (χ3n) is 3.60. The van der Waals surface area contributed by atoms with E-state index in [2.05, 4.69) is 16.1 Å². The van der Waals surface area contributed by atoms with Gasteiger partial charge in [-0.2, -0.15) is 0 Å². The summed E-state index contributed by atoms with van der Waals surface area (Å²) in [7, 11) is 1.27. The van der Waals surface area contributed by atoms with Crippen molar-refractivity contribution in [2.24, 2.45) is 0 Å². The first-order chi connectivity index (χ1) is 9.63. The maximum Gasteiger partial charge on any atom is 0.325 e. The molecular formula is C15H18ClNO3. The molecule has 0 fully saturated rings. The molecule has 108 valence electrons. The van der Waals surface area contributed by atoms with Crippen LogP contribution in [0.1, 0.15) is 29.9 Å². The van der Waals surface area contributed by atoms with E-state index in [9.17, 15) is 9.59 Å². The van der Waals surface area contributed by atoms with Crippen LogP contribution < -0.4 is 5.32 Å². The van der Waals surface area contributed by atoms with Gasteiger partial charge in [-0.3, -0.25) is 9.59 Å². The van der Waals surface area contributed by atoms with Crippen molar-refractivity contribution < 1.29 is 14.3 Å². The molecule has 1 N–H and O–H groups in total. The molecule has 1 aliphatic carbocycles. The highest BCUT2D eigenvalue weighted by molar-refractivity contribution is 6.30. The molecule has 0 aromatic heterocycles. The molecule has 1 amide bonds. The fourth-order valence-electron chi connectivity index (χ4n) is 2.55. The van der Waals surface area contributed by atoms with Gasteiger partial charge < -0.3 is 10.1 Å². The highest BCUT2D eigenvalue weighted by Crippen LogP contribution is 2.31. The van der Waals surface area contributed by atoms with Crippen molar-refractivity contribution >= 4 is 23.5 Å². The summed E-state index contributed by atoms with van der Waals surface area (Å²) < 4.78 is 4.52. The minimum atomic E-state index is -0.845. The molecule has 20 heavy (non-hydrogen) atoms. The number of benzene rings is 1. The maximum atomic E-state index is 12.3. The molecule has 0 radical (unpaired) electrons. The van der Waals surface area contributed by atoms with E-state index in [1.807, 2.05) is 18.2 Å². The maximum absolute atomic E-state index is 12.3. The summed E-state index contributed by atoms with van der Waals surface area (Å²) in [4.78, 5) is 23.4. The summed E-state index contributed by atoms with van der Waals surface area (Å²) in [6, 6.07) is 8.00. The molecular weight excluding hydrogens is 278 g/mol. The van der Waals surface area contributed by atoms with Crippen molar-refractivity contribution in [2.45, 2.75) is 30.6 Å². The molecule has 1 aromatic rings. The van der Waals surface area contributed by atoms with Gasteiger partial charge in [0.25, 0.3) is 0 Å². The molecule has 0 saturated heterocycles. The molecule has 2 atom stereocenters. The number of hydrogen-bond acceptors (Lipinski definition) is 3. The number of nitrogens with one attached hydrogen (secondary N) is 1. The van der Waals surface area contributed by atoms with Gasteiger partial charge in [-0.05, 0) is 30.4 Å². The second kappa shape index (κ2) is 6.75. The molecule has 0 aliphatic heterocycles. The van der Waals surface area contributed by atoms with Crippen LogP contribution in [0, 0.1) is 0 Å². The standard InChI is InChI=1S/C15H18ClNO3/c1-20-15(19)13(16)9-17-14(18)12-8-4-6-10-5-2-3-7-11(10)12/h2-3,5,7,12-13H,4,6,8-9H2,1H3,(H,17,18). The number of halogens is 1. The van der Waals surface area contributed by atoms with Gasteiger partial charge >= 0.3 is 5.97 Å². The van der Waals surface area contributed by atoms with Crippen LogP contribution in [0.2, 0.25) is 0 Å². The highest BCUT2D eigenvalue weighted by atomic mass is 35.5. The van der Waals surface area contributed by atoms with Gasteiger partial charge in [0.1, 0.15) is 5.38 Å². The molecule has 1 aliphatic rings. The zero-order chi connectivity index (χ0) is 14.5. The lowest BCUT2D eigenvalue weighted by Gasteiger charge is -2.24.